The van der Waals surface area contributed by atoms with E-state index < -0.39 is 12.1 Å². The molecule has 0 unspecified atom stereocenters. The lowest BCUT2D eigenvalue weighted by atomic mass is 10.1. The zero-order valence-corrected chi connectivity index (χ0v) is 11.1. The van der Waals surface area contributed by atoms with Crippen molar-refractivity contribution in [3.05, 3.63) is 30.0 Å². The first-order valence-corrected chi connectivity index (χ1v) is 6.62. The highest BCUT2D eigenvalue weighted by atomic mass is 19.1. The van der Waals surface area contributed by atoms with Gasteiger partial charge >= 0.3 is 5.97 Å². The first kappa shape index (κ1) is 13.7. The molecule has 0 bridgehead atoms. The van der Waals surface area contributed by atoms with Gasteiger partial charge in [0.15, 0.2) is 0 Å². The number of carboxylic acid groups (broad SMARTS) is 1. The maximum absolute atomic E-state index is 13.7. The van der Waals surface area contributed by atoms with Crippen LogP contribution in [-0.4, -0.2) is 46.5 Å². The van der Waals surface area contributed by atoms with Crippen LogP contribution in [0.3, 0.4) is 0 Å². The molecule has 2 N–H and O–H groups in total. The molecule has 1 aromatic carbocycles. The highest BCUT2D eigenvalue weighted by Crippen LogP contribution is 2.18. The summed E-state index contributed by atoms with van der Waals surface area (Å²) >= 11 is 0. The van der Waals surface area contributed by atoms with E-state index in [2.05, 4.69) is 15.3 Å². The van der Waals surface area contributed by atoms with E-state index >= 15 is 0 Å². The Morgan fingerprint density at radius 1 is 1.48 bits per heavy atom. The zero-order valence-electron chi connectivity index (χ0n) is 11.1. The number of rotatable bonds is 3. The fraction of sp³-hybridized carbons (Fsp3) is 0.357. The summed E-state index contributed by atoms with van der Waals surface area (Å²) in [5.74, 6) is -0.724. The molecule has 0 amide bonds. The minimum atomic E-state index is -1.11. The Balaban J connectivity index is 1.87. The summed E-state index contributed by atoms with van der Waals surface area (Å²) in [6.45, 7) is 0.559. The average molecular weight is 291 g/mol. The summed E-state index contributed by atoms with van der Waals surface area (Å²) in [5.41, 5.74) is 0.663. The standard InChI is InChI=1S/C14H14FN3O3/c15-10-7-21-4-3-11(10)17-14-16-6-9-2-1-8(13(19)20)5-12(9)18-14/h1-2,5-6,10-11H,3-4,7H2,(H,19,20)(H,16,17,18)/t10-,11-/m0/s1. The van der Waals surface area contributed by atoms with E-state index in [0.29, 0.717) is 24.5 Å². The molecule has 6 nitrogen and oxygen atoms in total. The summed E-state index contributed by atoms with van der Waals surface area (Å²) in [6, 6.07) is 4.23. The van der Waals surface area contributed by atoms with Gasteiger partial charge in [-0.3, -0.25) is 0 Å². The van der Waals surface area contributed by atoms with Gasteiger partial charge in [0.2, 0.25) is 5.95 Å². The number of hydrogen-bond donors (Lipinski definition) is 2. The van der Waals surface area contributed by atoms with Crippen LogP contribution in [0, 0.1) is 0 Å². The van der Waals surface area contributed by atoms with E-state index in [1.54, 1.807) is 12.3 Å². The molecule has 3 rings (SSSR count). The number of aromatic carboxylic acids is 1. The van der Waals surface area contributed by atoms with Gasteiger partial charge in [0.1, 0.15) is 6.17 Å². The highest BCUT2D eigenvalue weighted by molar-refractivity contribution is 5.93. The molecule has 2 heterocycles. The number of carbonyl (C=O) groups is 1. The summed E-state index contributed by atoms with van der Waals surface area (Å²) in [6.07, 6.45) is 1.02. The van der Waals surface area contributed by atoms with Crippen LogP contribution in [0.15, 0.2) is 24.4 Å². The van der Waals surface area contributed by atoms with Crippen LogP contribution >= 0.6 is 0 Å². The van der Waals surface area contributed by atoms with E-state index in [1.165, 1.54) is 12.1 Å². The lowest BCUT2D eigenvalue weighted by Gasteiger charge is -2.26. The van der Waals surface area contributed by atoms with Crippen LogP contribution in [0.5, 0.6) is 0 Å². The Morgan fingerprint density at radius 2 is 2.33 bits per heavy atom. The predicted octanol–water partition coefficient (Wildman–Crippen LogP) is 1.87. The van der Waals surface area contributed by atoms with Crippen molar-refractivity contribution in [1.29, 1.82) is 0 Å². The van der Waals surface area contributed by atoms with Crippen LogP contribution in [0.1, 0.15) is 16.8 Å². The minimum Gasteiger partial charge on any atom is -0.478 e. The minimum absolute atomic E-state index is 0.0639. The molecule has 1 saturated heterocycles. The fourth-order valence-corrected chi connectivity index (χ4v) is 2.26. The van der Waals surface area contributed by atoms with Crippen molar-refractivity contribution in [2.75, 3.05) is 18.5 Å². The highest BCUT2D eigenvalue weighted by Gasteiger charge is 2.25. The quantitative estimate of drug-likeness (QED) is 0.898. The van der Waals surface area contributed by atoms with Gasteiger partial charge in [0.25, 0.3) is 0 Å². The Bertz CT molecular complexity index is 680. The number of hydrogen-bond acceptors (Lipinski definition) is 5. The van der Waals surface area contributed by atoms with Gasteiger partial charge in [-0.15, -0.1) is 0 Å². The first-order chi connectivity index (χ1) is 10.1. The van der Waals surface area contributed by atoms with E-state index in [0.717, 1.165) is 5.39 Å². The maximum atomic E-state index is 13.7. The normalized spacial score (nSPS) is 22.1. The van der Waals surface area contributed by atoms with E-state index in [-0.39, 0.29) is 18.2 Å². The van der Waals surface area contributed by atoms with E-state index in [1.807, 2.05) is 0 Å². The zero-order chi connectivity index (χ0) is 14.8. The van der Waals surface area contributed by atoms with Gasteiger partial charge in [0, 0.05) is 18.2 Å². The molecule has 1 fully saturated rings. The molecule has 1 aliphatic heterocycles. The number of carboxylic acids is 1. The molecule has 1 aromatic heterocycles. The number of nitrogens with zero attached hydrogens (tertiary/aromatic N) is 2. The molecule has 0 saturated carbocycles. The van der Waals surface area contributed by atoms with Gasteiger partial charge in [-0.1, -0.05) is 6.07 Å². The van der Waals surface area contributed by atoms with Crippen LogP contribution in [-0.2, 0) is 4.74 Å². The molecule has 110 valence electrons. The molecule has 2 atom stereocenters. The third kappa shape index (κ3) is 2.92. The molecule has 1 aliphatic rings. The molecule has 0 radical (unpaired) electrons. The lowest BCUT2D eigenvalue weighted by molar-refractivity contribution is 0.0284. The van der Waals surface area contributed by atoms with Crippen molar-refractivity contribution >= 4 is 22.8 Å². The average Bonchev–Trinajstić information content (AvgIpc) is 2.49. The number of nitrogens with one attached hydrogen (secondary N) is 1. The Hall–Kier alpha value is -2.28. The van der Waals surface area contributed by atoms with Gasteiger partial charge < -0.3 is 15.2 Å². The fourth-order valence-electron chi connectivity index (χ4n) is 2.26. The second-order valence-electron chi connectivity index (χ2n) is 4.90. The van der Waals surface area contributed by atoms with Crippen LogP contribution in [0.2, 0.25) is 0 Å². The van der Waals surface area contributed by atoms with Crippen molar-refractivity contribution < 1.29 is 19.0 Å². The van der Waals surface area contributed by atoms with Crippen molar-refractivity contribution in [2.45, 2.75) is 18.6 Å². The number of benzene rings is 1. The van der Waals surface area contributed by atoms with Gasteiger partial charge in [-0.2, -0.15) is 0 Å². The molecular formula is C14H14FN3O3. The SMILES string of the molecule is O=C(O)c1ccc2cnc(N[C@H]3CCOC[C@@H]3F)nc2c1. The van der Waals surface area contributed by atoms with Crippen LogP contribution < -0.4 is 5.32 Å². The third-order valence-electron chi connectivity index (χ3n) is 3.43. The van der Waals surface area contributed by atoms with Gasteiger partial charge in [-0.05, 0) is 18.6 Å². The number of halogens is 1. The summed E-state index contributed by atoms with van der Waals surface area (Å²) in [4.78, 5) is 19.4. The summed E-state index contributed by atoms with van der Waals surface area (Å²) in [5, 5.41) is 12.7. The smallest absolute Gasteiger partial charge is 0.335 e. The lowest BCUT2D eigenvalue weighted by Crippen LogP contribution is -2.39. The number of alkyl halides is 1. The van der Waals surface area contributed by atoms with Crippen molar-refractivity contribution in [2.24, 2.45) is 0 Å². The summed E-state index contributed by atoms with van der Waals surface area (Å²) < 4.78 is 18.7. The maximum Gasteiger partial charge on any atom is 0.335 e. The largest absolute Gasteiger partial charge is 0.478 e. The Kier molecular flexibility index (Phi) is 3.66. The second kappa shape index (κ2) is 5.61. The number of aromatic nitrogens is 2. The van der Waals surface area contributed by atoms with Crippen LogP contribution in [0.4, 0.5) is 10.3 Å². The van der Waals surface area contributed by atoms with Crippen molar-refractivity contribution in [3.63, 3.8) is 0 Å². The number of fused-ring (bicyclic) bond motifs is 1. The Morgan fingerprint density at radius 3 is 3.10 bits per heavy atom. The molecule has 0 aliphatic carbocycles. The summed E-state index contributed by atoms with van der Waals surface area (Å²) in [7, 11) is 0. The van der Waals surface area contributed by atoms with E-state index in [9.17, 15) is 9.18 Å². The van der Waals surface area contributed by atoms with E-state index in [4.69, 9.17) is 9.84 Å². The monoisotopic (exact) mass is 291 g/mol. The number of anilines is 1. The molecule has 7 heteroatoms. The molecule has 2 aromatic rings. The molecule has 0 spiro atoms. The first-order valence-electron chi connectivity index (χ1n) is 6.62. The van der Waals surface area contributed by atoms with Gasteiger partial charge in [-0.25, -0.2) is 19.2 Å². The second-order valence-corrected chi connectivity index (χ2v) is 4.90. The van der Waals surface area contributed by atoms with Crippen LogP contribution in [0.25, 0.3) is 10.9 Å². The third-order valence-corrected chi connectivity index (χ3v) is 3.43. The molecule has 21 heavy (non-hydrogen) atoms. The number of ether oxygens (including phenoxy) is 1. The van der Waals surface area contributed by atoms with Gasteiger partial charge in [0.05, 0.1) is 23.7 Å². The molecular weight excluding hydrogens is 277 g/mol. The Labute approximate surface area is 120 Å². The van der Waals surface area contributed by atoms with Crippen molar-refractivity contribution in [3.8, 4) is 0 Å². The van der Waals surface area contributed by atoms with Crippen molar-refractivity contribution in [1.82, 2.24) is 9.97 Å². The topological polar surface area (TPSA) is 84.3 Å². The predicted molar refractivity (Wildman–Crippen MR) is 74.2 cm³/mol.